The molecule has 0 aromatic carbocycles. The highest BCUT2D eigenvalue weighted by atomic mass is 19.1. The van der Waals surface area contributed by atoms with Gasteiger partial charge in [-0.2, -0.15) is 0 Å². The van der Waals surface area contributed by atoms with Crippen LogP contribution in [0.5, 0.6) is 0 Å². The first-order valence-electron chi connectivity index (χ1n) is 6.28. The van der Waals surface area contributed by atoms with Crippen LogP contribution in [0.3, 0.4) is 0 Å². The average molecular weight is 251 g/mol. The van der Waals surface area contributed by atoms with Crippen LogP contribution in [0.4, 0.5) is 4.39 Å². The molecule has 2 heterocycles. The van der Waals surface area contributed by atoms with Crippen LogP contribution in [0.1, 0.15) is 25.3 Å². The van der Waals surface area contributed by atoms with E-state index in [0.717, 1.165) is 31.5 Å². The van der Waals surface area contributed by atoms with Gasteiger partial charge in [0.15, 0.2) is 0 Å². The second-order valence-electron chi connectivity index (χ2n) is 4.65. The number of pyridine rings is 1. The van der Waals surface area contributed by atoms with Crippen molar-refractivity contribution in [2.24, 2.45) is 0 Å². The maximum absolute atomic E-state index is 12.9. The Morgan fingerprint density at radius 2 is 2.22 bits per heavy atom. The minimum atomic E-state index is -0.354. The van der Waals surface area contributed by atoms with Crippen LogP contribution >= 0.6 is 0 Å². The minimum absolute atomic E-state index is 0.122. The quantitative estimate of drug-likeness (QED) is 0.878. The third-order valence-corrected chi connectivity index (χ3v) is 3.16. The zero-order valence-corrected chi connectivity index (χ0v) is 10.5. The molecule has 1 saturated heterocycles. The summed E-state index contributed by atoms with van der Waals surface area (Å²) in [6, 6.07) is 1.18. The summed E-state index contributed by atoms with van der Waals surface area (Å²) in [4.78, 5) is 17.7. The van der Waals surface area contributed by atoms with Gasteiger partial charge in [-0.1, -0.05) is 0 Å². The number of nitrogens with zero attached hydrogens (tertiary/aromatic N) is 2. The molecule has 1 aromatic rings. The van der Waals surface area contributed by atoms with Crippen molar-refractivity contribution in [2.45, 2.75) is 32.4 Å². The number of nitrogens with one attached hydrogen (secondary N) is 1. The van der Waals surface area contributed by atoms with Gasteiger partial charge < -0.3 is 10.2 Å². The van der Waals surface area contributed by atoms with Gasteiger partial charge in [0, 0.05) is 25.8 Å². The smallest absolute Gasteiger partial charge is 0.239 e. The number of hydrogen-bond acceptors (Lipinski definition) is 3. The molecule has 1 aliphatic heterocycles. The van der Waals surface area contributed by atoms with Gasteiger partial charge in [-0.25, -0.2) is 4.39 Å². The number of hydrogen-bond donors (Lipinski definition) is 1. The molecule has 5 heteroatoms. The molecule has 1 N–H and O–H groups in total. The third-order valence-electron chi connectivity index (χ3n) is 3.16. The lowest BCUT2D eigenvalue weighted by atomic mass is 10.2. The van der Waals surface area contributed by atoms with Crippen molar-refractivity contribution < 1.29 is 9.18 Å². The zero-order chi connectivity index (χ0) is 13.0. The molecular weight excluding hydrogens is 233 g/mol. The Morgan fingerprint density at radius 1 is 1.50 bits per heavy atom. The Morgan fingerprint density at radius 3 is 2.89 bits per heavy atom. The van der Waals surface area contributed by atoms with Gasteiger partial charge in [-0.15, -0.1) is 0 Å². The van der Waals surface area contributed by atoms with Crippen molar-refractivity contribution in [3.63, 3.8) is 0 Å². The number of aromatic nitrogens is 1. The van der Waals surface area contributed by atoms with Crippen molar-refractivity contribution in [2.75, 3.05) is 13.1 Å². The summed E-state index contributed by atoms with van der Waals surface area (Å²) < 4.78 is 12.9. The zero-order valence-electron chi connectivity index (χ0n) is 10.5. The molecule has 1 fully saturated rings. The third kappa shape index (κ3) is 3.26. The van der Waals surface area contributed by atoms with Crippen LogP contribution < -0.4 is 5.32 Å². The first-order chi connectivity index (χ1) is 8.66. The van der Waals surface area contributed by atoms with Gasteiger partial charge in [0.25, 0.3) is 0 Å². The van der Waals surface area contributed by atoms with Crippen molar-refractivity contribution in [1.29, 1.82) is 0 Å². The summed E-state index contributed by atoms with van der Waals surface area (Å²) in [5.74, 6) is -0.232. The lowest BCUT2D eigenvalue weighted by Crippen LogP contribution is -2.43. The van der Waals surface area contributed by atoms with E-state index in [1.165, 1.54) is 12.3 Å². The van der Waals surface area contributed by atoms with E-state index in [-0.39, 0.29) is 17.8 Å². The Kier molecular flexibility index (Phi) is 4.25. The molecule has 2 rings (SSSR count). The maximum Gasteiger partial charge on any atom is 0.239 e. The Balaban J connectivity index is 1.84. The molecule has 0 aliphatic carbocycles. The van der Waals surface area contributed by atoms with Gasteiger partial charge >= 0.3 is 0 Å². The second-order valence-corrected chi connectivity index (χ2v) is 4.65. The summed E-state index contributed by atoms with van der Waals surface area (Å²) in [6.45, 7) is 4.00. The molecule has 1 amide bonds. The van der Waals surface area contributed by atoms with Crippen LogP contribution in [0.25, 0.3) is 0 Å². The highest BCUT2D eigenvalue weighted by Crippen LogP contribution is 2.09. The van der Waals surface area contributed by atoms with Crippen molar-refractivity contribution in [1.82, 2.24) is 15.2 Å². The van der Waals surface area contributed by atoms with Gasteiger partial charge in [0.1, 0.15) is 5.82 Å². The summed E-state index contributed by atoms with van der Waals surface area (Å²) in [5.41, 5.74) is 0.746. The van der Waals surface area contributed by atoms with E-state index in [2.05, 4.69) is 10.3 Å². The fourth-order valence-corrected chi connectivity index (χ4v) is 2.12. The number of rotatable bonds is 4. The van der Waals surface area contributed by atoms with Gasteiger partial charge in [0.2, 0.25) is 5.91 Å². The van der Waals surface area contributed by atoms with Gasteiger partial charge in [-0.3, -0.25) is 9.78 Å². The van der Waals surface area contributed by atoms with Gasteiger partial charge in [-0.05, 0) is 31.4 Å². The van der Waals surface area contributed by atoms with E-state index in [1.807, 2.05) is 11.8 Å². The van der Waals surface area contributed by atoms with Crippen LogP contribution in [0.15, 0.2) is 18.5 Å². The maximum atomic E-state index is 12.9. The lowest BCUT2D eigenvalue weighted by molar-refractivity contribution is -0.131. The lowest BCUT2D eigenvalue weighted by Gasteiger charge is -2.21. The SMILES string of the molecule is CC(NCc1cncc(F)c1)C(=O)N1CCCC1. The van der Waals surface area contributed by atoms with E-state index in [4.69, 9.17) is 0 Å². The van der Waals surface area contributed by atoms with Crippen LogP contribution in [-0.2, 0) is 11.3 Å². The largest absolute Gasteiger partial charge is 0.341 e. The molecular formula is C13H18FN3O. The van der Waals surface area contributed by atoms with E-state index in [1.54, 1.807) is 6.20 Å². The molecule has 18 heavy (non-hydrogen) atoms. The Hall–Kier alpha value is -1.49. The van der Waals surface area contributed by atoms with Crippen molar-refractivity contribution >= 4 is 5.91 Å². The topological polar surface area (TPSA) is 45.2 Å². The summed E-state index contributed by atoms with van der Waals surface area (Å²) in [6.07, 6.45) is 4.95. The van der Waals surface area contributed by atoms with Crippen LogP contribution in [0, 0.1) is 5.82 Å². The van der Waals surface area contributed by atoms with Crippen molar-refractivity contribution in [3.05, 3.63) is 29.8 Å². The highest BCUT2D eigenvalue weighted by Gasteiger charge is 2.22. The second kappa shape index (κ2) is 5.91. The fourth-order valence-electron chi connectivity index (χ4n) is 2.12. The van der Waals surface area contributed by atoms with E-state index < -0.39 is 0 Å². The van der Waals surface area contributed by atoms with Crippen LogP contribution in [-0.4, -0.2) is 34.9 Å². The predicted molar refractivity (Wildman–Crippen MR) is 66.3 cm³/mol. The normalized spacial score (nSPS) is 16.9. The van der Waals surface area contributed by atoms with E-state index >= 15 is 0 Å². The first kappa shape index (κ1) is 13.0. The molecule has 0 saturated carbocycles. The monoisotopic (exact) mass is 251 g/mol. The van der Waals surface area contributed by atoms with E-state index in [0.29, 0.717) is 6.54 Å². The molecule has 1 atom stereocenters. The fraction of sp³-hybridized carbons (Fsp3) is 0.538. The molecule has 1 unspecified atom stereocenters. The number of carbonyl (C=O) groups is 1. The number of amides is 1. The molecule has 0 bridgehead atoms. The molecule has 4 nitrogen and oxygen atoms in total. The van der Waals surface area contributed by atoms with E-state index in [9.17, 15) is 9.18 Å². The highest BCUT2D eigenvalue weighted by molar-refractivity contribution is 5.81. The predicted octanol–water partition coefficient (Wildman–Crippen LogP) is 1.32. The molecule has 1 aliphatic rings. The minimum Gasteiger partial charge on any atom is -0.341 e. The number of likely N-dealkylation sites (tertiary alicyclic amines) is 1. The number of halogens is 1. The summed E-state index contributed by atoms with van der Waals surface area (Å²) in [7, 11) is 0. The molecule has 0 spiro atoms. The average Bonchev–Trinajstić information content (AvgIpc) is 2.89. The first-order valence-corrected chi connectivity index (χ1v) is 6.28. The Bertz CT molecular complexity index is 418. The Labute approximate surface area is 106 Å². The summed E-state index contributed by atoms with van der Waals surface area (Å²) >= 11 is 0. The molecule has 0 radical (unpaired) electrons. The van der Waals surface area contributed by atoms with Gasteiger partial charge in [0.05, 0.1) is 12.2 Å². The molecule has 1 aromatic heterocycles. The molecule has 98 valence electrons. The standard InChI is InChI=1S/C13H18FN3O/c1-10(13(18)17-4-2-3-5-17)16-8-11-6-12(14)9-15-7-11/h6-7,9-10,16H,2-5,8H2,1H3. The number of carbonyl (C=O) groups excluding carboxylic acids is 1. The van der Waals surface area contributed by atoms with Crippen LogP contribution in [0.2, 0.25) is 0 Å². The summed E-state index contributed by atoms with van der Waals surface area (Å²) in [5, 5.41) is 3.10. The van der Waals surface area contributed by atoms with Crippen molar-refractivity contribution in [3.8, 4) is 0 Å².